The summed E-state index contributed by atoms with van der Waals surface area (Å²) < 4.78 is 50.0. The molecule has 11 nitrogen and oxygen atoms in total. The summed E-state index contributed by atoms with van der Waals surface area (Å²) in [5, 5.41) is 34.2. The van der Waals surface area contributed by atoms with Crippen LogP contribution in [0.15, 0.2) is 36.7 Å². The topological polar surface area (TPSA) is 127 Å². The van der Waals surface area contributed by atoms with Gasteiger partial charge in [-0.25, -0.2) is 4.98 Å². The number of hydrogen-bond donors (Lipinski definition) is 4. The van der Waals surface area contributed by atoms with Crippen LogP contribution in [0.2, 0.25) is 0 Å². The van der Waals surface area contributed by atoms with Crippen LogP contribution in [0.1, 0.15) is 37.3 Å². The van der Waals surface area contributed by atoms with Crippen molar-refractivity contribution in [3.8, 4) is 0 Å². The van der Waals surface area contributed by atoms with E-state index in [4.69, 9.17) is 9.47 Å². The van der Waals surface area contributed by atoms with Crippen LogP contribution in [0.4, 0.5) is 24.7 Å². The zero-order chi connectivity index (χ0) is 31.3. The van der Waals surface area contributed by atoms with Crippen LogP contribution in [-0.2, 0) is 15.7 Å². The second kappa shape index (κ2) is 14.7. The molecule has 1 aromatic heterocycles. The van der Waals surface area contributed by atoms with Gasteiger partial charge in [0, 0.05) is 70.2 Å². The number of hydrogen-bond acceptors (Lipinski definition) is 11. The van der Waals surface area contributed by atoms with Gasteiger partial charge >= 0.3 is 6.18 Å². The first-order chi connectivity index (χ1) is 21.1. The number of aliphatic hydroxyl groups excluding tert-OH is 3. The molecule has 1 unspecified atom stereocenters. The van der Waals surface area contributed by atoms with Crippen LogP contribution < -0.4 is 10.2 Å². The van der Waals surface area contributed by atoms with Crippen molar-refractivity contribution < 1.29 is 38.0 Å². The fraction of sp³-hybridized carbons (Fsp3) is 0.667. The summed E-state index contributed by atoms with van der Waals surface area (Å²) >= 11 is 0. The summed E-state index contributed by atoms with van der Waals surface area (Å²) in [6, 6.07) is 7.11. The number of nitrogens with one attached hydrogen (secondary N) is 1. The van der Waals surface area contributed by atoms with E-state index < -0.39 is 42.5 Å². The fourth-order valence-corrected chi connectivity index (χ4v) is 6.18. The lowest BCUT2D eigenvalue weighted by Gasteiger charge is -2.43. The van der Waals surface area contributed by atoms with E-state index in [0.29, 0.717) is 25.3 Å². The summed E-state index contributed by atoms with van der Waals surface area (Å²) in [6.07, 6.45) is -4.57. The van der Waals surface area contributed by atoms with Gasteiger partial charge in [0.15, 0.2) is 12.0 Å². The van der Waals surface area contributed by atoms with Crippen LogP contribution in [0.3, 0.4) is 0 Å². The largest absolute Gasteiger partial charge is 0.434 e. The van der Waals surface area contributed by atoms with Crippen LogP contribution >= 0.6 is 0 Å². The molecule has 0 bridgehead atoms. The molecule has 0 saturated carbocycles. The normalized spacial score (nSPS) is 26.9. The lowest BCUT2D eigenvalue weighted by molar-refractivity contribution is -0.148. The Hall–Kier alpha value is -2.59. The van der Waals surface area contributed by atoms with E-state index in [9.17, 15) is 28.5 Å². The number of benzene rings is 1. The van der Waals surface area contributed by atoms with E-state index >= 15 is 0 Å². The van der Waals surface area contributed by atoms with E-state index in [-0.39, 0.29) is 12.4 Å². The average Bonchev–Trinajstić information content (AvgIpc) is 3.02. The van der Waals surface area contributed by atoms with Gasteiger partial charge in [0.2, 0.25) is 0 Å². The molecule has 4 heterocycles. The van der Waals surface area contributed by atoms with Gasteiger partial charge in [-0.05, 0) is 37.8 Å². The number of aliphatic hydroxyl groups is 3. The average molecular weight is 625 g/mol. The van der Waals surface area contributed by atoms with Crippen molar-refractivity contribution in [1.82, 2.24) is 19.8 Å². The van der Waals surface area contributed by atoms with Crippen LogP contribution in [-0.4, -0.2) is 125 Å². The van der Waals surface area contributed by atoms with Crippen molar-refractivity contribution in [2.45, 2.75) is 56.6 Å². The number of piperidine rings is 1. The number of aromatic nitrogens is 2. The number of nitrogens with zero attached hydrogens (tertiary/aromatic N) is 5. The predicted octanol–water partition coefficient (Wildman–Crippen LogP) is 1.96. The van der Waals surface area contributed by atoms with Crippen molar-refractivity contribution >= 4 is 11.5 Å². The van der Waals surface area contributed by atoms with Gasteiger partial charge in [0.25, 0.3) is 0 Å². The molecule has 2 aromatic rings. The number of ether oxygens (including phenoxy) is 2. The lowest BCUT2D eigenvalue weighted by Crippen LogP contribution is -2.59. The van der Waals surface area contributed by atoms with Crippen molar-refractivity contribution in [2.75, 3.05) is 75.8 Å². The molecule has 0 amide bonds. The molecule has 1 aromatic carbocycles. The molecular formula is C30H43F3N6O5. The van der Waals surface area contributed by atoms with Gasteiger partial charge in [-0.2, -0.15) is 13.2 Å². The zero-order valence-electron chi connectivity index (χ0n) is 24.9. The number of piperazine rings is 1. The van der Waals surface area contributed by atoms with Crippen LogP contribution in [0.25, 0.3) is 0 Å². The Morgan fingerprint density at radius 2 is 1.64 bits per heavy atom. The van der Waals surface area contributed by atoms with Crippen molar-refractivity contribution in [1.29, 1.82) is 0 Å². The maximum Gasteiger partial charge on any atom is 0.434 e. The van der Waals surface area contributed by atoms with E-state index in [0.717, 1.165) is 76.1 Å². The predicted molar refractivity (Wildman–Crippen MR) is 157 cm³/mol. The van der Waals surface area contributed by atoms with Crippen molar-refractivity contribution in [2.24, 2.45) is 5.92 Å². The molecule has 0 aliphatic carbocycles. The lowest BCUT2D eigenvalue weighted by atomic mass is 9.95. The molecule has 3 fully saturated rings. The third kappa shape index (κ3) is 8.36. The molecule has 244 valence electrons. The molecular weight excluding hydrogens is 581 g/mol. The highest BCUT2D eigenvalue weighted by Crippen LogP contribution is 2.29. The van der Waals surface area contributed by atoms with Gasteiger partial charge in [0.1, 0.15) is 18.0 Å². The summed E-state index contributed by atoms with van der Waals surface area (Å²) in [7, 11) is 0. The van der Waals surface area contributed by atoms with Gasteiger partial charge in [-0.15, -0.1) is 0 Å². The van der Waals surface area contributed by atoms with E-state index in [1.165, 1.54) is 0 Å². The quantitative estimate of drug-likeness (QED) is 0.290. The molecule has 14 heteroatoms. The Labute approximate surface area is 255 Å². The van der Waals surface area contributed by atoms with Gasteiger partial charge < -0.3 is 39.9 Å². The van der Waals surface area contributed by atoms with Crippen molar-refractivity contribution in [3.63, 3.8) is 0 Å². The molecule has 3 aliphatic rings. The molecule has 0 spiro atoms. The van der Waals surface area contributed by atoms with Crippen LogP contribution in [0.5, 0.6) is 0 Å². The Bertz CT molecular complexity index is 1180. The molecule has 3 aliphatic heterocycles. The number of halogens is 3. The van der Waals surface area contributed by atoms with Crippen molar-refractivity contribution in [3.05, 3.63) is 47.9 Å². The highest BCUT2D eigenvalue weighted by atomic mass is 19.4. The van der Waals surface area contributed by atoms with E-state index in [1.54, 1.807) is 0 Å². The maximum absolute atomic E-state index is 13.0. The highest BCUT2D eigenvalue weighted by molar-refractivity contribution is 5.48. The summed E-state index contributed by atoms with van der Waals surface area (Å²) in [5.41, 5.74) is 0.780. The summed E-state index contributed by atoms with van der Waals surface area (Å²) in [4.78, 5) is 14.2. The minimum atomic E-state index is -4.64. The zero-order valence-corrected chi connectivity index (χ0v) is 24.9. The molecule has 5 atom stereocenters. The highest BCUT2D eigenvalue weighted by Gasteiger charge is 2.40. The molecule has 5 rings (SSSR count). The Morgan fingerprint density at radius 1 is 0.977 bits per heavy atom. The minimum absolute atomic E-state index is 0.0127. The minimum Gasteiger partial charge on any atom is -0.388 e. The van der Waals surface area contributed by atoms with Gasteiger partial charge in [-0.3, -0.25) is 9.88 Å². The number of anilines is 2. The number of rotatable bonds is 10. The molecule has 0 radical (unpaired) electrons. The van der Waals surface area contributed by atoms with Crippen LogP contribution in [0, 0.1) is 5.92 Å². The van der Waals surface area contributed by atoms with Gasteiger partial charge in [-0.1, -0.05) is 12.1 Å². The Balaban J connectivity index is 1.01. The Morgan fingerprint density at radius 3 is 2.27 bits per heavy atom. The summed E-state index contributed by atoms with van der Waals surface area (Å²) in [5.74, 6) is 0.481. The fourth-order valence-electron chi connectivity index (χ4n) is 6.18. The third-order valence-corrected chi connectivity index (χ3v) is 8.79. The smallest absolute Gasteiger partial charge is 0.388 e. The third-order valence-electron chi connectivity index (χ3n) is 8.79. The molecule has 3 saturated heterocycles. The molecule has 44 heavy (non-hydrogen) atoms. The standard InChI is InChI=1S/C30H43F3N6O5/c1-2-43-29(42)21-3-5-22(6-4-21)39-9-7-20(8-10-39)17-37-11-13-38(14-12-37)18-24-28(41)27(40)23(19-44-24)35-26-16-34-15-25(36-26)30(31,32)33/h3-6,15-16,20,23-24,27-29,40-42H,2,7-14,17-19H2,1H3,(H,35,36)/t23-,24+,27+,28-,29?/m0/s1. The SMILES string of the molecule is CCOC(O)c1ccc(N2CCC(CN3CCN(C[C@H]4OC[C@H](Nc5cncc(C(F)(F)F)n5)[C@@H](O)[C@H]4O)CC3)CC2)cc1. The van der Waals surface area contributed by atoms with E-state index in [2.05, 4.69) is 30.0 Å². The first-order valence-electron chi connectivity index (χ1n) is 15.3. The summed E-state index contributed by atoms with van der Waals surface area (Å²) in [6.45, 7) is 9.29. The Kier molecular flexibility index (Phi) is 10.9. The van der Waals surface area contributed by atoms with E-state index in [1.807, 2.05) is 31.2 Å². The monoisotopic (exact) mass is 624 g/mol. The molecule has 4 N–H and O–H groups in total. The number of alkyl halides is 3. The maximum atomic E-state index is 13.0. The first-order valence-corrected chi connectivity index (χ1v) is 15.3. The second-order valence-electron chi connectivity index (χ2n) is 11.8. The first kappa shape index (κ1) is 32.8. The second-order valence-corrected chi connectivity index (χ2v) is 11.8. The van der Waals surface area contributed by atoms with Gasteiger partial charge in [0.05, 0.1) is 31.1 Å².